The van der Waals surface area contributed by atoms with Crippen LogP contribution in [0.25, 0.3) is 0 Å². The van der Waals surface area contributed by atoms with Gasteiger partial charge in [0.15, 0.2) is 6.23 Å². The number of nitrogens with zero attached hydrogens (tertiary/aromatic N) is 2. The second kappa shape index (κ2) is 8.61. The van der Waals surface area contributed by atoms with E-state index in [1.807, 2.05) is 0 Å². The molecule has 0 radical (unpaired) electrons. The number of phosphoric ester groups is 1. The van der Waals surface area contributed by atoms with Crippen LogP contribution >= 0.6 is 23.5 Å². The zero-order valence-corrected chi connectivity index (χ0v) is 16.6. The summed E-state index contributed by atoms with van der Waals surface area (Å²) in [6.07, 6.45) is -5.91. The van der Waals surface area contributed by atoms with Crippen molar-refractivity contribution >= 4 is 29.3 Å². The highest BCUT2D eigenvalue weighted by Crippen LogP contribution is 2.67. The third kappa shape index (κ3) is 6.47. The number of anilines is 1. The van der Waals surface area contributed by atoms with Crippen LogP contribution < -0.4 is 11.4 Å². The summed E-state index contributed by atoms with van der Waals surface area (Å²) in [5.74, 6) is -0.187. The van der Waals surface area contributed by atoms with Crippen molar-refractivity contribution in [2.45, 2.75) is 24.5 Å². The Morgan fingerprint density at radius 3 is 2.31 bits per heavy atom. The van der Waals surface area contributed by atoms with Gasteiger partial charge in [-0.1, -0.05) is 0 Å². The second-order valence-corrected chi connectivity index (χ2v) is 9.81. The van der Waals surface area contributed by atoms with Gasteiger partial charge in [-0.2, -0.15) is 13.6 Å². The quantitative estimate of drug-likeness (QED) is 0.193. The Kier molecular flexibility index (Phi) is 7.20. The molecule has 0 saturated carbocycles. The fraction of sp³-hybridized carbons (Fsp3) is 0.556. The van der Waals surface area contributed by atoms with Crippen LogP contribution in [0.5, 0.6) is 0 Å². The molecule has 0 bridgehead atoms. The van der Waals surface area contributed by atoms with Crippen LogP contribution in [0.3, 0.4) is 0 Å². The zero-order chi connectivity index (χ0) is 22.2. The van der Waals surface area contributed by atoms with Crippen molar-refractivity contribution in [3.63, 3.8) is 0 Å². The van der Waals surface area contributed by atoms with Gasteiger partial charge in [0, 0.05) is 6.20 Å². The first kappa shape index (κ1) is 24.2. The molecule has 2 heterocycles. The summed E-state index contributed by atoms with van der Waals surface area (Å²) in [5, 5.41) is 19.4. The minimum Gasteiger partial charge on any atom is -0.394 e. The van der Waals surface area contributed by atoms with Crippen molar-refractivity contribution in [1.29, 1.82) is 0 Å². The third-order valence-corrected chi connectivity index (χ3v) is 7.13. The van der Waals surface area contributed by atoms with Gasteiger partial charge in [-0.15, -0.1) is 0 Å². The highest BCUT2D eigenvalue weighted by molar-refractivity contribution is 7.66. The fourth-order valence-corrected chi connectivity index (χ4v) is 5.48. The van der Waals surface area contributed by atoms with Crippen molar-refractivity contribution in [3.05, 3.63) is 22.7 Å². The monoisotopic (exact) mass is 483 g/mol. The molecule has 1 aromatic heterocycles. The molecule has 1 aromatic rings. The van der Waals surface area contributed by atoms with Crippen LogP contribution in [0.15, 0.2) is 17.1 Å². The lowest BCUT2D eigenvalue weighted by Gasteiger charge is -2.24. The average molecular weight is 483 g/mol. The smallest absolute Gasteiger partial charge is 0.394 e. The molecule has 6 atom stereocenters. The highest BCUT2D eigenvalue weighted by atomic mass is 31.3. The Morgan fingerprint density at radius 1 is 1.17 bits per heavy atom. The van der Waals surface area contributed by atoms with Crippen LogP contribution in [-0.2, 0) is 31.6 Å². The van der Waals surface area contributed by atoms with Gasteiger partial charge >= 0.3 is 29.2 Å². The maximum Gasteiger partial charge on any atom is 0.490 e. The first-order valence-corrected chi connectivity index (χ1v) is 11.8. The number of hydrogen-bond acceptors (Lipinski definition) is 12. The number of aliphatic hydroxyl groups excluding tert-OH is 2. The molecule has 0 aromatic carbocycles. The predicted octanol–water partition coefficient (Wildman–Crippen LogP) is -2.21. The first-order chi connectivity index (χ1) is 13.1. The lowest BCUT2D eigenvalue weighted by atomic mass is 10.1. The van der Waals surface area contributed by atoms with Gasteiger partial charge in [-0.25, -0.2) is 18.5 Å². The SMILES string of the molecule is Nc1ccn([C@@H]2O[C@H](CO)[C@H](O)[C@@H]2OP(=O)(O)OP(=O)(O)OP(=O)(O)O)c(=O)n1. The second-order valence-electron chi connectivity index (χ2n) is 5.44. The zero-order valence-electron chi connectivity index (χ0n) is 13.9. The number of aromatic nitrogens is 2. The van der Waals surface area contributed by atoms with Crippen LogP contribution in [0.2, 0.25) is 0 Å². The van der Waals surface area contributed by atoms with Crippen molar-refractivity contribution < 1.29 is 61.4 Å². The molecule has 2 unspecified atom stereocenters. The average Bonchev–Trinajstić information content (AvgIpc) is 2.79. The van der Waals surface area contributed by atoms with Crippen LogP contribution in [0.4, 0.5) is 5.82 Å². The van der Waals surface area contributed by atoms with Crippen molar-refractivity contribution in [2.75, 3.05) is 12.3 Å². The maximum atomic E-state index is 12.0. The fourth-order valence-electron chi connectivity index (χ4n) is 2.28. The van der Waals surface area contributed by atoms with Crippen LogP contribution in [0.1, 0.15) is 6.23 Å². The normalized spacial score (nSPS) is 29.3. The molecule has 20 heteroatoms. The largest absolute Gasteiger partial charge is 0.490 e. The minimum atomic E-state index is -5.81. The summed E-state index contributed by atoms with van der Waals surface area (Å²) >= 11 is 0. The number of nitrogens with two attached hydrogens (primary N) is 1. The molecular weight excluding hydrogens is 467 g/mol. The summed E-state index contributed by atoms with van der Waals surface area (Å²) in [4.78, 5) is 51.2. The molecule has 1 aliphatic heterocycles. The van der Waals surface area contributed by atoms with E-state index >= 15 is 0 Å². The van der Waals surface area contributed by atoms with E-state index in [0.717, 1.165) is 12.3 Å². The molecule has 0 amide bonds. The van der Waals surface area contributed by atoms with E-state index in [2.05, 4.69) is 18.1 Å². The lowest BCUT2D eigenvalue weighted by Crippen LogP contribution is -2.37. The lowest BCUT2D eigenvalue weighted by molar-refractivity contribution is -0.0542. The highest BCUT2D eigenvalue weighted by Gasteiger charge is 2.51. The van der Waals surface area contributed by atoms with E-state index < -0.39 is 60.3 Å². The number of rotatable bonds is 8. The topological polar surface area (TPSA) is 270 Å². The molecule has 166 valence electrons. The number of ether oxygens (including phenoxy) is 1. The molecule has 0 aliphatic carbocycles. The molecule has 8 N–H and O–H groups in total. The van der Waals surface area contributed by atoms with E-state index in [4.69, 9.17) is 20.3 Å². The van der Waals surface area contributed by atoms with Gasteiger partial charge in [0.25, 0.3) is 0 Å². The number of hydrogen-bond donors (Lipinski definition) is 7. The number of nitrogen functional groups attached to an aromatic ring is 1. The Balaban J connectivity index is 2.31. The van der Waals surface area contributed by atoms with E-state index in [1.165, 1.54) is 0 Å². The standard InChI is InChI=1S/C9H16N3O14P3/c10-5-1-2-12(9(15)11-5)8-7(6(14)4(3-13)23-8)24-28(19,20)26-29(21,22)25-27(16,17)18/h1-2,4,6-8,13-14H,3H2,(H,19,20)(H,21,22)(H2,10,11,15)(H2,16,17,18)/t4-,6+,7+,8-/m1/s1. The Labute approximate surface area is 160 Å². The maximum absolute atomic E-state index is 12.0. The molecule has 1 saturated heterocycles. The van der Waals surface area contributed by atoms with Gasteiger partial charge in [0.05, 0.1) is 6.61 Å². The molecule has 29 heavy (non-hydrogen) atoms. The van der Waals surface area contributed by atoms with Crippen molar-refractivity contribution in [1.82, 2.24) is 9.55 Å². The molecule has 0 spiro atoms. The number of aliphatic hydroxyl groups is 2. The van der Waals surface area contributed by atoms with Crippen LogP contribution in [-0.4, -0.2) is 64.3 Å². The van der Waals surface area contributed by atoms with Crippen molar-refractivity contribution in [2.24, 2.45) is 0 Å². The molecule has 1 fully saturated rings. The predicted molar refractivity (Wildman–Crippen MR) is 88.6 cm³/mol. The summed E-state index contributed by atoms with van der Waals surface area (Å²) in [7, 11) is -17.1. The van der Waals surface area contributed by atoms with E-state index in [1.54, 1.807) is 0 Å². The Hall–Kier alpha value is -1.03. The third-order valence-electron chi connectivity index (χ3n) is 3.29. The van der Waals surface area contributed by atoms with Gasteiger partial charge < -0.3 is 40.3 Å². The Morgan fingerprint density at radius 2 is 1.79 bits per heavy atom. The molecule has 17 nitrogen and oxygen atoms in total. The van der Waals surface area contributed by atoms with Crippen molar-refractivity contribution in [3.8, 4) is 0 Å². The summed E-state index contributed by atoms with van der Waals surface area (Å²) in [5.41, 5.74) is 4.30. The van der Waals surface area contributed by atoms with Gasteiger partial charge in [0.1, 0.15) is 24.1 Å². The van der Waals surface area contributed by atoms with E-state index in [-0.39, 0.29) is 5.82 Å². The molecular formula is C9H16N3O14P3. The number of phosphoric acid groups is 3. The molecule has 1 aliphatic rings. The summed E-state index contributed by atoms with van der Waals surface area (Å²) < 4.78 is 51.6. The van der Waals surface area contributed by atoms with E-state index in [9.17, 15) is 38.5 Å². The summed E-state index contributed by atoms with van der Waals surface area (Å²) in [6.45, 7) is -0.828. The van der Waals surface area contributed by atoms with Gasteiger partial charge in [-0.05, 0) is 6.07 Å². The molecule has 2 rings (SSSR count). The first-order valence-electron chi connectivity index (χ1n) is 7.25. The van der Waals surface area contributed by atoms with E-state index in [0.29, 0.717) is 4.57 Å². The Bertz CT molecular complexity index is 946. The minimum absolute atomic E-state index is 0.187. The van der Waals surface area contributed by atoms with Crippen LogP contribution in [0, 0.1) is 0 Å². The van der Waals surface area contributed by atoms with Gasteiger partial charge in [-0.3, -0.25) is 9.09 Å². The summed E-state index contributed by atoms with van der Waals surface area (Å²) in [6, 6.07) is 1.13. The van der Waals surface area contributed by atoms with Gasteiger partial charge in [0.2, 0.25) is 0 Å².